The predicted octanol–water partition coefficient (Wildman–Crippen LogP) is 8.11. The van der Waals surface area contributed by atoms with Crippen LogP contribution in [0.5, 0.6) is 0 Å². The van der Waals surface area contributed by atoms with Crippen LogP contribution in [-0.4, -0.2) is 10.2 Å². The summed E-state index contributed by atoms with van der Waals surface area (Å²) in [6.07, 6.45) is 0.911. The summed E-state index contributed by atoms with van der Waals surface area (Å²) in [6.45, 7) is 4.29. The molecule has 2 N–H and O–H groups in total. The number of allylic oxidation sites excluding steroid dienone is 2. The molecule has 2 aliphatic carbocycles. The van der Waals surface area contributed by atoms with Crippen LogP contribution in [0.25, 0.3) is 22.3 Å². The molecule has 180 valence electrons. The number of benzene rings is 4. The normalized spacial score (nSPS) is 18.0. The van der Waals surface area contributed by atoms with Gasteiger partial charge in [0.2, 0.25) is 0 Å². The van der Waals surface area contributed by atoms with Gasteiger partial charge in [-0.2, -0.15) is 0 Å². The van der Waals surface area contributed by atoms with Crippen molar-refractivity contribution in [3.05, 3.63) is 143 Å². The fourth-order valence-corrected chi connectivity index (χ4v) is 5.61. The minimum Gasteiger partial charge on any atom is -0.384 e. The van der Waals surface area contributed by atoms with E-state index in [-0.39, 0.29) is 0 Å². The van der Waals surface area contributed by atoms with Crippen LogP contribution in [0.1, 0.15) is 72.3 Å². The molecule has 2 atom stereocenters. The smallest absolute Gasteiger partial charge is 0.105 e. The number of hydrogen-bond donors (Lipinski definition) is 2. The van der Waals surface area contributed by atoms with E-state index in [1.807, 2.05) is 72.8 Å². The lowest BCUT2D eigenvalue weighted by atomic mass is 9.98. The van der Waals surface area contributed by atoms with Crippen molar-refractivity contribution in [1.29, 1.82) is 0 Å². The highest BCUT2D eigenvalue weighted by molar-refractivity contribution is 5.99. The average molecular weight is 473 g/mol. The Morgan fingerprint density at radius 3 is 1.17 bits per heavy atom. The molecule has 0 bridgehead atoms. The first kappa shape index (κ1) is 24.0. The van der Waals surface area contributed by atoms with Crippen LogP contribution < -0.4 is 0 Å². The van der Waals surface area contributed by atoms with E-state index in [0.717, 1.165) is 46.2 Å². The van der Waals surface area contributed by atoms with Gasteiger partial charge in [0.25, 0.3) is 0 Å². The third kappa shape index (κ3) is 4.24. The van der Waals surface area contributed by atoms with Gasteiger partial charge in [-0.05, 0) is 68.5 Å². The third-order valence-corrected chi connectivity index (χ3v) is 7.23. The molecule has 0 saturated heterocycles. The Balaban J connectivity index is 0.000000148. The monoisotopic (exact) mass is 472 g/mol. The Bertz CT molecular complexity index is 1300. The second kappa shape index (κ2) is 10.5. The van der Waals surface area contributed by atoms with Crippen LogP contribution in [0.2, 0.25) is 0 Å². The third-order valence-electron chi connectivity index (χ3n) is 7.23. The van der Waals surface area contributed by atoms with Crippen molar-refractivity contribution in [1.82, 2.24) is 0 Å². The van der Waals surface area contributed by atoms with Crippen LogP contribution in [-0.2, 0) is 0 Å². The molecule has 0 spiro atoms. The second-order valence-corrected chi connectivity index (χ2v) is 9.20. The largest absolute Gasteiger partial charge is 0.384 e. The van der Waals surface area contributed by atoms with Gasteiger partial charge in [0, 0.05) is 0 Å². The number of hydrogen-bond acceptors (Lipinski definition) is 2. The molecule has 2 aliphatic rings. The van der Waals surface area contributed by atoms with E-state index in [1.54, 1.807) is 0 Å². The molecule has 0 fully saturated rings. The van der Waals surface area contributed by atoms with Crippen LogP contribution in [0.3, 0.4) is 0 Å². The van der Waals surface area contributed by atoms with Crippen molar-refractivity contribution >= 4 is 22.3 Å². The Kier molecular flexibility index (Phi) is 6.99. The molecular weight excluding hydrogens is 440 g/mol. The lowest BCUT2D eigenvalue weighted by Crippen LogP contribution is -1.96. The molecule has 0 amide bonds. The van der Waals surface area contributed by atoms with Gasteiger partial charge in [-0.25, -0.2) is 0 Å². The van der Waals surface area contributed by atoms with Crippen molar-refractivity contribution in [2.24, 2.45) is 0 Å². The zero-order chi connectivity index (χ0) is 25.1. The topological polar surface area (TPSA) is 40.5 Å². The molecule has 4 aromatic rings. The van der Waals surface area contributed by atoms with Crippen molar-refractivity contribution in [2.45, 2.75) is 38.9 Å². The molecule has 0 aliphatic heterocycles. The van der Waals surface area contributed by atoms with Gasteiger partial charge >= 0.3 is 0 Å². The number of rotatable bonds is 4. The maximum Gasteiger partial charge on any atom is 0.105 e. The molecule has 2 nitrogen and oxygen atoms in total. The first-order valence-electron chi connectivity index (χ1n) is 12.8. The summed E-state index contributed by atoms with van der Waals surface area (Å²) in [7, 11) is 0. The molecule has 0 heterocycles. The van der Waals surface area contributed by atoms with Crippen LogP contribution in [0.15, 0.2) is 109 Å². The molecule has 0 saturated carbocycles. The molecule has 6 rings (SSSR count). The van der Waals surface area contributed by atoms with Gasteiger partial charge in [-0.3, -0.25) is 0 Å². The lowest BCUT2D eigenvalue weighted by molar-refractivity contribution is 0.240. The Morgan fingerprint density at radius 1 is 0.472 bits per heavy atom. The summed E-state index contributed by atoms with van der Waals surface area (Å²) in [5.41, 5.74) is 11.4. The van der Waals surface area contributed by atoms with E-state index in [2.05, 4.69) is 50.2 Å². The zero-order valence-corrected chi connectivity index (χ0v) is 20.9. The van der Waals surface area contributed by atoms with Crippen molar-refractivity contribution in [3.8, 4) is 0 Å². The SMILES string of the molecule is CCC1=C(c2ccccc2)[C@H](O)c2ccccc21.CCC1=C(c2ccccc2)[C@H](O)c2ccccc21. The summed E-state index contributed by atoms with van der Waals surface area (Å²) in [5.74, 6) is 0. The molecule has 2 heteroatoms. The van der Waals surface area contributed by atoms with Gasteiger partial charge < -0.3 is 10.2 Å². The first-order chi connectivity index (χ1) is 17.7. The van der Waals surface area contributed by atoms with Gasteiger partial charge in [0.05, 0.1) is 0 Å². The predicted molar refractivity (Wildman–Crippen MR) is 150 cm³/mol. The first-order valence-corrected chi connectivity index (χ1v) is 12.8. The van der Waals surface area contributed by atoms with E-state index in [4.69, 9.17) is 0 Å². The maximum atomic E-state index is 10.5. The van der Waals surface area contributed by atoms with E-state index in [9.17, 15) is 10.2 Å². The van der Waals surface area contributed by atoms with Gasteiger partial charge in [-0.1, -0.05) is 123 Å². The van der Waals surface area contributed by atoms with Crippen molar-refractivity contribution in [2.75, 3.05) is 0 Å². The average Bonchev–Trinajstić information content (AvgIpc) is 3.40. The highest BCUT2D eigenvalue weighted by Gasteiger charge is 2.30. The number of aliphatic hydroxyl groups excluding tert-OH is 2. The quantitative estimate of drug-likeness (QED) is 0.315. The van der Waals surface area contributed by atoms with Gasteiger partial charge in [0.15, 0.2) is 0 Å². The minimum absolute atomic E-state index is 0.487. The van der Waals surface area contributed by atoms with Gasteiger partial charge in [0.1, 0.15) is 12.2 Å². The Labute approximate surface area is 213 Å². The van der Waals surface area contributed by atoms with Gasteiger partial charge in [-0.15, -0.1) is 0 Å². The van der Waals surface area contributed by atoms with Crippen LogP contribution in [0.4, 0.5) is 0 Å². The van der Waals surface area contributed by atoms with Crippen LogP contribution in [0, 0.1) is 0 Å². The zero-order valence-electron chi connectivity index (χ0n) is 20.9. The maximum absolute atomic E-state index is 10.5. The van der Waals surface area contributed by atoms with Crippen LogP contribution >= 0.6 is 0 Å². The molecule has 4 aromatic carbocycles. The summed E-state index contributed by atoms with van der Waals surface area (Å²) >= 11 is 0. The van der Waals surface area contributed by atoms with E-state index >= 15 is 0 Å². The fraction of sp³-hybridized carbons (Fsp3) is 0.176. The standard InChI is InChI=1S/2C17H16O/c2*1-2-13-14-10-6-7-11-15(14)17(18)16(13)12-8-4-3-5-9-12/h2*3-11,17-18H,2H2,1H3/t2*17-/m11/s1. The molecule has 0 unspecified atom stereocenters. The highest BCUT2D eigenvalue weighted by atomic mass is 16.3. The Hall–Kier alpha value is -3.72. The lowest BCUT2D eigenvalue weighted by Gasteiger charge is -2.11. The molecule has 0 radical (unpaired) electrons. The summed E-state index contributed by atoms with van der Waals surface area (Å²) < 4.78 is 0. The summed E-state index contributed by atoms with van der Waals surface area (Å²) in [5, 5.41) is 21.1. The molecular formula is C34H32O2. The van der Waals surface area contributed by atoms with Crippen molar-refractivity contribution < 1.29 is 10.2 Å². The fourth-order valence-electron chi connectivity index (χ4n) is 5.61. The highest BCUT2D eigenvalue weighted by Crippen LogP contribution is 2.47. The summed E-state index contributed by atoms with van der Waals surface area (Å²) in [6, 6.07) is 36.7. The number of fused-ring (bicyclic) bond motifs is 2. The number of aliphatic hydroxyl groups is 2. The Morgan fingerprint density at radius 2 is 0.806 bits per heavy atom. The minimum atomic E-state index is -0.487. The van der Waals surface area contributed by atoms with Crippen molar-refractivity contribution in [3.63, 3.8) is 0 Å². The molecule has 36 heavy (non-hydrogen) atoms. The van der Waals surface area contributed by atoms with E-state index in [1.165, 1.54) is 22.3 Å². The van der Waals surface area contributed by atoms with E-state index in [0.29, 0.717) is 0 Å². The summed E-state index contributed by atoms with van der Waals surface area (Å²) in [4.78, 5) is 0. The second-order valence-electron chi connectivity index (χ2n) is 9.20. The van der Waals surface area contributed by atoms with E-state index < -0.39 is 12.2 Å². The molecule has 0 aromatic heterocycles.